The van der Waals surface area contributed by atoms with Crippen LogP contribution >= 0.6 is 27.3 Å². The summed E-state index contributed by atoms with van der Waals surface area (Å²) in [5.74, 6) is 1.83. The number of hydrogen-bond acceptors (Lipinski definition) is 5. The minimum absolute atomic E-state index is 0.379. The van der Waals surface area contributed by atoms with Crippen LogP contribution in [0.5, 0.6) is 0 Å². The second-order valence-electron chi connectivity index (χ2n) is 3.78. The van der Waals surface area contributed by atoms with Gasteiger partial charge in [0, 0.05) is 16.4 Å². The molecule has 4 nitrogen and oxygen atoms in total. The molecule has 3 heterocycles. The predicted octanol–water partition coefficient (Wildman–Crippen LogP) is 2.64. The second kappa shape index (κ2) is 4.27. The van der Waals surface area contributed by atoms with Gasteiger partial charge in [-0.15, -0.1) is 11.3 Å². The minimum Gasteiger partial charge on any atom is -0.339 e. The van der Waals surface area contributed by atoms with E-state index in [2.05, 4.69) is 31.4 Å². The second-order valence-corrected chi connectivity index (χ2v) is 5.60. The molecule has 3 rings (SSSR count). The van der Waals surface area contributed by atoms with Gasteiger partial charge < -0.3 is 9.84 Å². The summed E-state index contributed by atoms with van der Waals surface area (Å²) in [6, 6.07) is 2.01. The van der Waals surface area contributed by atoms with E-state index in [4.69, 9.17) is 4.52 Å². The summed E-state index contributed by atoms with van der Waals surface area (Å²) in [6.45, 7) is 1.97. The van der Waals surface area contributed by atoms with E-state index < -0.39 is 0 Å². The summed E-state index contributed by atoms with van der Waals surface area (Å²) in [4.78, 5) is 5.48. The lowest BCUT2D eigenvalue weighted by molar-refractivity contribution is 0.359. The van der Waals surface area contributed by atoms with E-state index in [0.29, 0.717) is 11.7 Å². The first-order valence-corrected chi connectivity index (χ1v) is 6.79. The summed E-state index contributed by atoms with van der Waals surface area (Å²) in [6.07, 6.45) is 1.08. The summed E-state index contributed by atoms with van der Waals surface area (Å²) >= 11 is 5.03. The van der Waals surface area contributed by atoms with Gasteiger partial charge >= 0.3 is 0 Å². The highest BCUT2D eigenvalue weighted by Gasteiger charge is 2.23. The molecule has 0 saturated carbocycles. The fourth-order valence-electron chi connectivity index (χ4n) is 1.80. The Kier molecular flexibility index (Phi) is 2.79. The smallest absolute Gasteiger partial charge is 0.231 e. The highest BCUT2D eigenvalue weighted by Crippen LogP contribution is 2.29. The van der Waals surface area contributed by atoms with E-state index in [0.717, 1.165) is 34.8 Å². The van der Waals surface area contributed by atoms with Gasteiger partial charge in [0.2, 0.25) is 11.7 Å². The van der Waals surface area contributed by atoms with Crippen molar-refractivity contribution in [1.29, 1.82) is 0 Å². The van der Waals surface area contributed by atoms with Gasteiger partial charge in [-0.05, 0) is 35.0 Å². The summed E-state index contributed by atoms with van der Waals surface area (Å²) in [5.41, 5.74) is 0. The van der Waals surface area contributed by atoms with Crippen molar-refractivity contribution in [3.63, 3.8) is 0 Å². The standard InChI is InChI=1S/C10H10BrN3OS/c11-7-3-8(16-5-7)9-13-10(15-14-9)6-1-2-12-4-6/h3,5-6,12H,1-2,4H2. The number of thiophene rings is 1. The molecular formula is C10H10BrN3OS. The van der Waals surface area contributed by atoms with Crippen LogP contribution in [0.15, 0.2) is 20.4 Å². The highest BCUT2D eigenvalue weighted by molar-refractivity contribution is 9.10. The fraction of sp³-hybridized carbons (Fsp3) is 0.400. The van der Waals surface area contributed by atoms with Crippen molar-refractivity contribution >= 4 is 27.3 Å². The Morgan fingerprint density at radius 2 is 2.50 bits per heavy atom. The van der Waals surface area contributed by atoms with Crippen LogP contribution in [0.1, 0.15) is 18.2 Å². The minimum atomic E-state index is 0.379. The maximum Gasteiger partial charge on any atom is 0.231 e. The normalized spacial score (nSPS) is 20.4. The zero-order valence-electron chi connectivity index (χ0n) is 8.44. The van der Waals surface area contributed by atoms with Crippen molar-refractivity contribution < 1.29 is 4.52 Å². The lowest BCUT2D eigenvalue weighted by atomic mass is 10.1. The van der Waals surface area contributed by atoms with Crippen molar-refractivity contribution in [2.75, 3.05) is 13.1 Å². The molecule has 1 atom stereocenters. The molecule has 1 aliphatic rings. The summed E-state index contributed by atoms with van der Waals surface area (Å²) in [5, 5.41) is 9.33. The molecule has 0 amide bonds. The third-order valence-electron chi connectivity index (χ3n) is 2.64. The molecule has 84 valence electrons. The molecule has 2 aromatic rings. The van der Waals surface area contributed by atoms with Crippen LogP contribution in [0, 0.1) is 0 Å². The SMILES string of the molecule is Brc1csc(-c2noc(C3CCNC3)n2)c1. The third-order valence-corrected chi connectivity index (χ3v) is 4.33. The average molecular weight is 300 g/mol. The van der Waals surface area contributed by atoms with Gasteiger partial charge in [0.05, 0.1) is 10.8 Å². The van der Waals surface area contributed by atoms with Crippen molar-refractivity contribution in [2.24, 2.45) is 0 Å². The Morgan fingerprint density at radius 3 is 3.19 bits per heavy atom. The van der Waals surface area contributed by atoms with Gasteiger partial charge in [0.25, 0.3) is 0 Å². The molecule has 0 bridgehead atoms. The third kappa shape index (κ3) is 1.92. The van der Waals surface area contributed by atoms with Gasteiger partial charge in [-0.25, -0.2) is 0 Å². The summed E-state index contributed by atoms with van der Waals surface area (Å²) in [7, 11) is 0. The van der Waals surface area contributed by atoms with E-state index in [1.165, 1.54) is 0 Å². The van der Waals surface area contributed by atoms with Crippen LogP contribution in [-0.4, -0.2) is 23.2 Å². The molecule has 1 saturated heterocycles. The number of rotatable bonds is 2. The zero-order chi connectivity index (χ0) is 11.0. The van der Waals surface area contributed by atoms with Crippen molar-refractivity contribution in [3.8, 4) is 10.7 Å². The van der Waals surface area contributed by atoms with Crippen LogP contribution in [0.3, 0.4) is 0 Å². The first kappa shape index (κ1) is 10.4. The van der Waals surface area contributed by atoms with Crippen molar-refractivity contribution in [3.05, 3.63) is 21.8 Å². The quantitative estimate of drug-likeness (QED) is 0.926. The highest BCUT2D eigenvalue weighted by atomic mass is 79.9. The van der Waals surface area contributed by atoms with Crippen LogP contribution in [0.2, 0.25) is 0 Å². The lowest BCUT2D eigenvalue weighted by Gasteiger charge is -1.98. The van der Waals surface area contributed by atoms with E-state index in [1.807, 2.05) is 11.4 Å². The molecule has 6 heteroatoms. The Hall–Kier alpha value is -0.720. The molecular weight excluding hydrogens is 290 g/mol. The van der Waals surface area contributed by atoms with Gasteiger partial charge in [0.1, 0.15) is 0 Å². The van der Waals surface area contributed by atoms with E-state index in [1.54, 1.807) is 11.3 Å². The van der Waals surface area contributed by atoms with Gasteiger partial charge in [-0.2, -0.15) is 4.98 Å². The van der Waals surface area contributed by atoms with Crippen LogP contribution in [-0.2, 0) is 0 Å². The molecule has 0 aliphatic carbocycles. The average Bonchev–Trinajstić information content (AvgIpc) is 2.97. The molecule has 1 fully saturated rings. The van der Waals surface area contributed by atoms with E-state index in [-0.39, 0.29) is 0 Å². The Bertz CT molecular complexity index is 490. The molecule has 2 aromatic heterocycles. The molecule has 16 heavy (non-hydrogen) atoms. The van der Waals surface area contributed by atoms with Crippen LogP contribution < -0.4 is 5.32 Å². The van der Waals surface area contributed by atoms with Gasteiger partial charge in [-0.3, -0.25) is 0 Å². The monoisotopic (exact) mass is 299 g/mol. The Labute approximate surface area is 105 Å². The number of hydrogen-bond donors (Lipinski definition) is 1. The Morgan fingerprint density at radius 1 is 1.56 bits per heavy atom. The topological polar surface area (TPSA) is 51.0 Å². The fourth-order valence-corrected chi connectivity index (χ4v) is 3.15. The van der Waals surface area contributed by atoms with Crippen LogP contribution in [0.25, 0.3) is 10.7 Å². The first-order valence-electron chi connectivity index (χ1n) is 5.11. The Balaban J connectivity index is 1.87. The maximum absolute atomic E-state index is 5.30. The number of halogens is 1. The molecule has 1 unspecified atom stereocenters. The summed E-state index contributed by atoms with van der Waals surface area (Å²) < 4.78 is 6.36. The molecule has 1 aliphatic heterocycles. The lowest BCUT2D eigenvalue weighted by Crippen LogP contribution is -2.08. The van der Waals surface area contributed by atoms with E-state index >= 15 is 0 Å². The molecule has 1 N–H and O–H groups in total. The maximum atomic E-state index is 5.30. The first-order chi connectivity index (χ1) is 7.83. The molecule has 0 spiro atoms. The van der Waals surface area contributed by atoms with Crippen LogP contribution in [0.4, 0.5) is 0 Å². The number of nitrogens with zero attached hydrogens (tertiary/aromatic N) is 2. The zero-order valence-corrected chi connectivity index (χ0v) is 10.8. The van der Waals surface area contributed by atoms with Gasteiger partial charge in [-0.1, -0.05) is 5.16 Å². The largest absolute Gasteiger partial charge is 0.339 e. The number of nitrogens with one attached hydrogen (secondary N) is 1. The van der Waals surface area contributed by atoms with E-state index in [9.17, 15) is 0 Å². The van der Waals surface area contributed by atoms with Gasteiger partial charge in [0.15, 0.2) is 0 Å². The molecule has 0 aromatic carbocycles. The molecule has 0 radical (unpaired) electrons. The number of aromatic nitrogens is 2. The van der Waals surface area contributed by atoms with Crippen molar-refractivity contribution in [1.82, 2.24) is 15.5 Å². The van der Waals surface area contributed by atoms with Crippen molar-refractivity contribution in [2.45, 2.75) is 12.3 Å². The predicted molar refractivity (Wildman–Crippen MR) is 65.5 cm³/mol.